The Morgan fingerprint density at radius 1 is 0.821 bits per heavy atom. The fraction of sp³-hybridized carbons (Fsp3) is 0.217. The highest BCUT2D eigenvalue weighted by atomic mass is 16.2. The lowest BCUT2D eigenvalue weighted by molar-refractivity contribution is -0.114. The summed E-state index contributed by atoms with van der Waals surface area (Å²) in [7, 11) is 0. The van der Waals surface area contributed by atoms with E-state index in [1.54, 1.807) is 18.2 Å². The van der Waals surface area contributed by atoms with Gasteiger partial charge in [-0.3, -0.25) is 9.59 Å². The molecule has 0 aliphatic carbocycles. The predicted molar refractivity (Wildman–Crippen MR) is 115 cm³/mol. The van der Waals surface area contributed by atoms with Gasteiger partial charge in [0.25, 0.3) is 5.91 Å². The van der Waals surface area contributed by atoms with Gasteiger partial charge in [0.15, 0.2) is 0 Å². The molecule has 0 saturated heterocycles. The van der Waals surface area contributed by atoms with Crippen LogP contribution in [0.4, 0.5) is 11.4 Å². The van der Waals surface area contributed by atoms with Crippen LogP contribution in [0.2, 0.25) is 0 Å². The van der Waals surface area contributed by atoms with E-state index in [1.165, 1.54) is 0 Å². The molecule has 3 aromatic carbocycles. The molecule has 0 aromatic heterocycles. The maximum absolute atomic E-state index is 12.3. The summed E-state index contributed by atoms with van der Waals surface area (Å²) in [5.41, 5.74) is 1.72. The quantitative estimate of drug-likeness (QED) is 0.618. The first kappa shape index (κ1) is 19.4. The Hall–Kier alpha value is -3.34. The standard InChI is InChI=1S/C23H25N3O2/c1-23(2,3)26-22(28)18-9-6-10-19(14-18)24-15-21(27)25-20-12-11-16-7-4-5-8-17(16)13-20/h4-14,24H,15H2,1-3H3,(H,25,27)(H,26,28). The van der Waals surface area contributed by atoms with E-state index in [9.17, 15) is 9.59 Å². The zero-order valence-electron chi connectivity index (χ0n) is 16.4. The van der Waals surface area contributed by atoms with Crippen molar-refractivity contribution >= 4 is 34.0 Å². The number of benzene rings is 3. The summed E-state index contributed by atoms with van der Waals surface area (Å²) in [6, 6.07) is 20.9. The maximum atomic E-state index is 12.3. The molecule has 0 radical (unpaired) electrons. The molecule has 144 valence electrons. The Bertz CT molecular complexity index is 1010. The molecule has 3 N–H and O–H groups in total. The molecule has 28 heavy (non-hydrogen) atoms. The normalized spacial score (nSPS) is 11.1. The second-order valence-corrected chi connectivity index (χ2v) is 7.75. The van der Waals surface area contributed by atoms with E-state index in [-0.39, 0.29) is 23.9 Å². The lowest BCUT2D eigenvalue weighted by atomic mass is 10.1. The lowest BCUT2D eigenvalue weighted by Gasteiger charge is -2.20. The fourth-order valence-electron chi connectivity index (χ4n) is 2.84. The molecule has 2 amide bonds. The van der Waals surface area contributed by atoms with E-state index in [4.69, 9.17) is 0 Å². The molecule has 5 heteroatoms. The molecular weight excluding hydrogens is 350 g/mol. The van der Waals surface area contributed by atoms with E-state index >= 15 is 0 Å². The van der Waals surface area contributed by atoms with Crippen molar-refractivity contribution in [2.24, 2.45) is 0 Å². The van der Waals surface area contributed by atoms with Gasteiger partial charge in [0.1, 0.15) is 0 Å². The molecule has 0 aliphatic rings. The van der Waals surface area contributed by atoms with Gasteiger partial charge in [-0.1, -0.05) is 36.4 Å². The first-order chi connectivity index (χ1) is 13.3. The first-order valence-electron chi connectivity index (χ1n) is 9.25. The average Bonchev–Trinajstić information content (AvgIpc) is 2.65. The Morgan fingerprint density at radius 3 is 2.32 bits per heavy atom. The van der Waals surface area contributed by atoms with Crippen LogP contribution in [0.1, 0.15) is 31.1 Å². The van der Waals surface area contributed by atoms with E-state index in [0.717, 1.165) is 22.1 Å². The molecule has 0 aliphatic heterocycles. The number of anilines is 2. The topological polar surface area (TPSA) is 70.2 Å². The number of amides is 2. The summed E-state index contributed by atoms with van der Waals surface area (Å²) < 4.78 is 0. The summed E-state index contributed by atoms with van der Waals surface area (Å²) in [6.07, 6.45) is 0. The number of carbonyl (C=O) groups is 2. The van der Waals surface area contributed by atoms with Crippen LogP contribution >= 0.6 is 0 Å². The number of hydrogen-bond donors (Lipinski definition) is 3. The average molecular weight is 375 g/mol. The molecule has 0 heterocycles. The summed E-state index contributed by atoms with van der Waals surface area (Å²) >= 11 is 0. The van der Waals surface area contributed by atoms with Crippen LogP contribution in [0.3, 0.4) is 0 Å². The highest BCUT2D eigenvalue weighted by Crippen LogP contribution is 2.19. The first-order valence-corrected chi connectivity index (χ1v) is 9.25. The van der Waals surface area contributed by atoms with Gasteiger partial charge < -0.3 is 16.0 Å². The van der Waals surface area contributed by atoms with Gasteiger partial charge in [-0.25, -0.2) is 0 Å². The molecule has 5 nitrogen and oxygen atoms in total. The van der Waals surface area contributed by atoms with Crippen molar-refractivity contribution in [2.75, 3.05) is 17.2 Å². The largest absolute Gasteiger partial charge is 0.376 e. The summed E-state index contributed by atoms with van der Waals surface area (Å²) in [5.74, 6) is -0.295. The number of carbonyl (C=O) groups excluding carboxylic acids is 2. The number of rotatable bonds is 5. The van der Waals surface area contributed by atoms with Crippen molar-refractivity contribution in [3.05, 3.63) is 72.3 Å². The predicted octanol–water partition coefficient (Wildman–Crippen LogP) is 4.42. The van der Waals surface area contributed by atoms with Gasteiger partial charge in [0.2, 0.25) is 5.91 Å². The zero-order valence-corrected chi connectivity index (χ0v) is 16.4. The summed E-state index contributed by atoms with van der Waals surface area (Å²) in [4.78, 5) is 24.6. The van der Waals surface area contributed by atoms with Crippen LogP contribution in [0, 0.1) is 0 Å². The van der Waals surface area contributed by atoms with Gasteiger partial charge in [0.05, 0.1) is 6.54 Å². The highest BCUT2D eigenvalue weighted by molar-refractivity contribution is 5.97. The van der Waals surface area contributed by atoms with Crippen molar-refractivity contribution in [3.8, 4) is 0 Å². The smallest absolute Gasteiger partial charge is 0.251 e. The molecule has 0 spiro atoms. The van der Waals surface area contributed by atoms with Crippen molar-refractivity contribution in [1.82, 2.24) is 5.32 Å². The van der Waals surface area contributed by atoms with E-state index in [0.29, 0.717) is 5.56 Å². The molecular formula is C23H25N3O2. The number of nitrogens with one attached hydrogen (secondary N) is 3. The highest BCUT2D eigenvalue weighted by Gasteiger charge is 2.15. The van der Waals surface area contributed by atoms with Crippen LogP contribution in [-0.2, 0) is 4.79 Å². The van der Waals surface area contributed by atoms with Crippen LogP contribution in [0.15, 0.2) is 66.7 Å². The van der Waals surface area contributed by atoms with Crippen LogP contribution in [0.5, 0.6) is 0 Å². The Balaban J connectivity index is 1.59. The molecule has 0 atom stereocenters. The SMILES string of the molecule is CC(C)(C)NC(=O)c1cccc(NCC(=O)Nc2ccc3ccccc3c2)c1. The second-order valence-electron chi connectivity index (χ2n) is 7.75. The van der Waals surface area contributed by atoms with E-state index in [1.807, 2.05) is 69.3 Å². The molecule has 0 saturated carbocycles. The minimum atomic E-state index is -0.305. The minimum Gasteiger partial charge on any atom is -0.376 e. The number of fused-ring (bicyclic) bond motifs is 1. The summed E-state index contributed by atoms with van der Waals surface area (Å²) in [5, 5.41) is 11.1. The number of hydrogen-bond acceptors (Lipinski definition) is 3. The Morgan fingerprint density at radius 2 is 1.57 bits per heavy atom. The van der Waals surface area contributed by atoms with Crippen molar-refractivity contribution in [3.63, 3.8) is 0 Å². The van der Waals surface area contributed by atoms with Crippen LogP contribution in [-0.4, -0.2) is 23.9 Å². The fourth-order valence-corrected chi connectivity index (χ4v) is 2.84. The van der Waals surface area contributed by atoms with Crippen molar-refractivity contribution in [1.29, 1.82) is 0 Å². The van der Waals surface area contributed by atoms with Crippen molar-refractivity contribution < 1.29 is 9.59 Å². The minimum absolute atomic E-state index is 0.108. The van der Waals surface area contributed by atoms with Gasteiger partial charge in [0, 0.05) is 22.5 Å². The van der Waals surface area contributed by atoms with Gasteiger partial charge in [-0.15, -0.1) is 0 Å². The summed E-state index contributed by atoms with van der Waals surface area (Å²) in [6.45, 7) is 5.91. The Kier molecular flexibility index (Phi) is 5.64. The molecule has 0 fully saturated rings. The third-order valence-corrected chi connectivity index (χ3v) is 4.10. The Labute approximate surface area is 165 Å². The third kappa shape index (κ3) is 5.33. The lowest BCUT2D eigenvalue weighted by Crippen LogP contribution is -2.40. The second kappa shape index (κ2) is 8.13. The van der Waals surface area contributed by atoms with E-state index in [2.05, 4.69) is 16.0 Å². The zero-order chi connectivity index (χ0) is 20.1. The maximum Gasteiger partial charge on any atom is 0.251 e. The van der Waals surface area contributed by atoms with Crippen molar-refractivity contribution in [2.45, 2.75) is 26.3 Å². The molecule has 3 aromatic rings. The third-order valence-electron chi connectivity index (χ3n) is 4.10. The molecule has 0 bridgehead atoms. The van der Waals surface area contributed by atoms with Gasteiger partial charge in [-0.05, 0) is 61.9 Å². The van der Waals surface area contributed by atoms with Gasteiger partial charge >= 0.3 is 0 Å². The molecule has 3 rings (SSSR count). The van der Waals surface area contributed by atoms with Crippen LogP contribution in [0.25, 0.3) is 10.8 Å². The monoisotopic (exact) mass is 375 g/mol. The van der Waals surface area contributed by atoms with Gasteiger partial charge in [-0.2, -0.15) is 0 Å². The molecule has 0 unspecified atom stereocenters. The van der Waals surface area contributed by atoms with E-state index < -0.39 is 0 Å². The van der Waals surface area contributed by atoms with Crippen LogP contribution < -0.4 is 16.0 Å².